The van der Waals surface area contributed by atoms with Crippen LogP contribution in [0.25, 0.3) is 0 Å². The highest BCUT2D eigenvalue weighted by Gasteiger charge is 2.34. The van der Waals surface area contributed by atoms with Crippen molar-refractivity contribution in [2.45, 2.75) is 59.6 Å². The van der Waals surface area contributed by atoms with Crippen molar-refractivity contribution in [1.29, 1.82) is 0 Å². The first kappa shape index (κ1) is 20.5. The van der Waals surface area contributed by atoms with Gasteiger partial charge < -0.3 is 20.3 Å². The highest BCUT2D eigenvalue weighted by Crippen LogP contribution is 2.18. The van der Waals surface area contributed by atoms with Crippen molar-refractivity contribution in [3.8, 4) is 0 Å². The fraction of sp³-hybridized carbons (Fsp3) is 0.722. The maximum Gasteiger partial charge on any atom is 0.410 e. The molecule has 1 aliphatic heterocycles. The second kappa shape index (κ2) is 8.70. The number of aliphatic imine (C=N–C) groups is 1. The number of aromatic nitrogens is 1. The molecule has 0 atom stereocenters. The fourth-order valence-corrected chi connectivity index (χ4v) is 3.56. The minimum atomic E-state index is -0.459. The quantitative estimate of drug-likeness (QED) is 0.605. The van der Waals surface area contributed by atoms with Crippen LogP contribution in [0.3, 0.4) is 0 Å². The third kappa shape index (κ3) is 6.16. The Labute approximate surface area is 160 Å². The van der Waals surface area contributed by atoms with Gasteiger partial charge in [0.25, 0.3) is 0 Å². The standard InChI is InChI=1S/C18H31N5O2S/c1-7-19-16(20-9-8-15-12(2)21-13(3)26-15)22-14-10-23(11-14)17(24)25-18(4,5)6/h14H,7-11H2,1-6H3,(H2,19,20,22). The lowest BCUT2D eigenvalue weighted by atomic mass is 10.1. The van der Waals surface area contributed by atoms with Crippen LogP contribution in [0, 0.1) is 13.8 Å². The first-order valence-corrected chi connectivity index (χ1v) is 9.95. The molecular formula is C18H31N5O2S. The summed E-state index contributed by atoms with van der Waals surface area (Å²) >= 11 is 1.74. The molecule has 1 aliphatic rings. The number of amides is 1. The predicted molar refractivity (Wildman–Crippen MR) is 106 cm³/mol. The molecule has 26 heavy (non-hydrogen) atoms. The molecular weight excluding hydrogens is 350 g/mol. The molecule has 2 heterocycles. The summed E-state index contributed by atoms with van der Waals surface area (Å²) in [6.07, 6.45) is 0.635. The Morgan fingerprint density at radius 2 is 2.08 bits per heavy atom. The number of carbonyl (C=O) groups excluding carboxylic acids is 1. The summed E-state index contributed by atoms with van der Waals surface area (Å²) in [4.78, 5) is 24.1. The lowest BCUT2D eigenvalue weighted by Crippen LogP contribution is -2.63. The van der Waals surface area contributed by atoms with Crippen molar-refractivity contribution < 1.29 is 9.53 Å². The topological polar surface area (TPSA) is 78.9 Å². The maximum absolute atomic E-state index is 12.0. The summed E-state index contributed by atoms with van der Waals surface area (Å²) in [6, 6.07) is 0.202. The van der Waals surface area contributed by atoms with Crippen LogP contribution in [0.15, 0.2) is 4.99 Å². The zero-order valence-electron chi connectivity index (χ0n) is 16.7. The van der Waals surface area contributed by atoms with E-state index in [1.165, 1.54) is 4.88 Å². The Kier molecular flexibility index (Phi) is 6.86. The summed E-state index contributed by atoms with van der Waals surface area (Å²) in [6.45, 7) is 14.5. The number of ether oxygens (including phenoxy) is 1. The largest absolute Gasteiger partial charge is 0.444 e. The maximum atomic E-state index is 12.0. The molecule has 1 aromatic rings. The number of nitrogens with one attached hydrogen (secondary N) is 2. The molecule has 1 aromatic heterocycles. The van der Waals surface area contributed by atoms with Gasteiger partial charge in [0, 0.05) is 37.5 Å². The molecule has 0 bridgehead atoms. The van der Waals surface area contributed by atoms with Crippen molar-refractivity contribution in [2.75, 3.05) is 26.2 Å². The smallest absolute Gasteiger partial charge is 0.410 e. The number of thiazole rings is 1. The molecule has 0 saturated carbocycles. The minimum Gasteiger partial charge on any atom is -0.444 e. The number of likely N-dealkylation sites (tertiary alicyclic amines) is 1. The van der Waals surface area contributed by atoms with Gasteiger partial charge in [-0.25, -0.2) is 9.78 Å². The van der Waals surface area contributed by atoms with Gasteiger partial charge in [0.05, 0.1) is 16.7 Å². The van der Waals surface area contributed by atoms with Gasteiger partial charge in [0.15, 0.2) is 5.96 Å². The number of hydrogen-bond donors (Lipinski definition) is 2. The van der Waals surface area contributed by atoms with Crippen LogP contribution in [-0.2, 0) is 11.2 Å². The van der Waals surface area contributed by atoms with Crippen LogP contribution in [0.2, 0.25) is 0 Å². The highest BCUT2D eigenvalue weighted by atomic mass is 32.1. The minimum absolute atomic E-state index is 0.202. The third-order valence-corrected chi connectivity index (χ3v) is 4.96. The van der Waals surface area contributed by atoms with Gasteiger partial charge in [-0.05, 0) is 41.5 Å². The van der Waals surface area contributed by atoms with E-state index in [0.29, 0.717) is 19.6 Å². The Bertz CT molecular complexity index is 644. The van der Waals surface area contributed by atoms with Crippen LogP contribution < -0.4 is 10.6 Å². The van der Waals surface area contributed by atoms with Crippen molar-refractivity contribution in [3.05, 3.63) is 15.6 Å². The number of guanidine groups is 1. The molecule has 0 aromatic carbocycles. The van der Waals surface area contributed by atoms with Crippen molar-refractivity contribution in [2.24, 2.45) is 4.99 Å². The first-order chi connectivity index (χ1) is 12.2. The molecule has 0 aliphatic carbocycles. The van der Waals surface area contributed by atoms with Crippen LogP contribution in [0.1, 0.15) is 43.3 Å². The van der Waals surface area contributed by atoms with Crippen molar-refractivity contribution in [1.82, 2.24) is 20.5 Å². The van der Waals surface area contributed by atoms with E-state index in [1.54, 1.807) is 16.2 Å². The number of aryl methyl sites for hydroxylation is 2. The van der Waals surface area contributed by atoms with Gasteiger partial charge in [-0.15, -0.1) is 11.3 Å². The van der Waals surface area contributed by atoms with Gasteiger partial charge in [-0.3, -0.25) is 4.99 Å². The van der Waals surface area contributed by atoms with E-state index in [2.05, 4.69) is 20.6 Å². The average molecular weight is 382 g/mol. The predicted octanol–water partition coefficient (Wildman–Crippen LogP) is 2.48. The number of nitrogens with zero attached hydrogens (tertiary/aromatic N) is 3. The molecule has 1 saturated heterocycles. The SMILES string of the molecule is CCNC(=NCCc1sc(C)nc1C)NC1CN(C(=O)OC(C)(C)C)C1. The highest BCUT2D eigenvalue weighted by molar-refractivity contribution is 7.11. The molecule has 1 amide bonds. The van der Waals surface area contributed by atoms with Crippen LogP contribution in [0.5, 0.6) is 0 Å². The second-order valence-electron chi connectivity index (χ2n) is 7.48. The summed E-state index contributed by atoms with van der Waals surface area (Å²) in [5.74, 6) is 0.792. The van der Waals surface area contributed by atoms with E-state index in [1.807, 2.05) is 41.5 Å². The normalized spacial score (nSPS) is 15.6. The molecule has 0 spiro atoms. The molecule has 2 rings (SSSR count). The number of carbonyl (C=O) groups is 1. The summed E-state index contributed by atoms with van der Waals surface area (Å²) in [5.41, 5.74) is 0.645. The molecule has 7 nitrogen and oxygen atoms in total. The Balaban J connectivity index is 1.80. The number of hydrogen-bond acceptors (Lipinski definition) is 5. The monoisotopic (exact) mass is 381 g/mol. The van der Waals surface area contributed by atoms with E-state index < -0.39 is 5.60 Å². The fourth-order valence-electron chi connectivity index (χ4n) is 2.63. The first-order valence-electron chi connectivity index (χ1n) is 9.13. The van der Waals surface area contributed by atoms with E-state index in [9.17, 15) is 4.79 Å². The molecule has 8 heteroatoms. The van der Waals surface area contributed by atoms with Crippen LogP contribution in [0.4, 0.5) is 4.79 Å². The molecule has 0 radical (unpaired) electrons. The lowest BCUT2D eigenvalue weighted by Gasteiger charge is -2.40. The summed E-state index contributed by atoms with van der Waals surface area (Å²) < 4.78 is 5.38. The summed E-state index contributed by atoms with van der Waals surface area (Å²) in [5, 5.41) is 7.75. The second-order valence-corrected chi connectivity index (χ2v) is 8.77. The Hall–Kier alpha value is -1.83. The third-order valence-electron chi connectivity index (χ3n) is 3.83. The van der Waals surface area contributed by atoms with Gasteiger partial charge in [-0.1, -0.05) is 0 Å². The molecule has 1 fully saturated rings. The van der Waals surface area contributed by atoms with Gasteiger partial charge in [-0.2, -0.15) is 0 Å². The van der Waals surface area contributed by atoms with Gasteiger partial charge in [0.2, 0.25) is 0 Å². The van der Waals surface area contributed by atoms with E-state index in [0.717, 1.165) is 29.6 Å². The Morgan fingerprint density at radius 1 is 1.38 bits per heavy atom. The number of rotatable bonds is 5. The zero-order valence-corrected chi connectivity index (χ0v) is 17.5. The van der Waals surface area contributed by atoms with Gasteiger partial charge >= 0.3 is 6.09 Å². The zero-order chi connectivity index (χ0) is 19.3. The lowest BCUT2D eigenvalue weighted by molar-refractivity contribution is 0.00701. The average Bonchev–Trinajstić information content (AvgIpc) is 2.78. The van der Waals surface area contributed by atoms with E-state index in [-0.39, 0.29) is 12.1 Å². The van der Waals surface area contributed by atoms with Crippen molar-refractivity contribution >= 4 is 23.4 Å². The molecule has 2 N–H and O–H groups in total. The van der Waals surface area contributed by atoms with Crippen LogP contribution in [-0.4, -0.2) is 59.8 Å². The van der Waals surface area contributed by atoms with Crippen molar-refractivity contribution in [3.63, 3.8) is 0 Å². The van der Waals surface area contributed by atoms with Crippen LogP contribution >= 0.6 is 11.3 Å². The molecule has 146 valence electrons. The summed E-state index contributed by atoms with van der Waals surface area (Å²) in [7, 11) is 0. The molecule has 0 unspecified atom stereocenters. The van der Waals surface area contributed by atoms with Gasteiger partial charge in [0.1, 0.15) is 5.60 Å². The van der Waals surface area contributed by atoms with E-state index in [4.69, 9.17) is 4.74 Å². The Morgan fingerprint density at radius 3 is 2.62 bits per heavy atom. The van der Waals surface area contributed by atoms with E-state index >= 15 is 0 Å².